The van der Waals surface area contributed by atoms with E-state index in [0.717, 1.165) is 12.1 Å². The molecule has 4 rings (SSSR count). The molecular formula is C21H18ClN5O2. The van der Waals surface area contributed by atoms with E-state index in [0.29, 0.717) is 35.2 Å². The molecule has 1 fully saturated rings. The molecule has 0 radical (unpaired) electrons. The molecule has 29 heavy (non-hydrogen) atoms. The van der Waals surface area contributed by atoms with E-state index in [2.05, 4.69) is 23.1 Å². The molecule has 2 aliphatic heterocycles. The van der Waals surface area contributed by atoms with E-state index in [-0.39, 0.29) is 18.4 Å². The Morgan fingerprint density at radius 3 is 2.55 bits per heavy atom. The van der Waals surface area contributed by atoms with Gasteiger partial charge in [0.2, 0.25) is 6.79 Å². The number of ether oxygens (including phenoxy) is 2. The van der Waals surface area contributed by atoms with Crippen LogP contribution in [0, 0.1) is 56.7 Å². The molecule has 0 saturated heterocycles. The normalized spacial score (nSPS) is 27.2. The predicted molar refractivity (Wildman–Crippen MR) is 104 cm³/mol. The van der Waals surface area contributed by atoms with Crippen LogP contribution >= 0.6 is 11.6 Å². The summed E-state index contributed by atoms with van der Waals surface area (Å²) < 4.78 is 10.9. The van der Waals surface area contributed by atoms with Gasteiger partial charge in [-0.3, -0.25) is 4.90 Å². The number of benzene rings is 1. The van der Waals surface area contributed by atoms with Gasteiger partial charge >= 0.3 is 0 Å². The number of rotatable bonds is 2. The van der Waals surface area contributed by atoms with Crippen molar-refractivity contribution in [1.29, 1.82) is 21.2 Å². The fourth-order valence-electron chi connectivity index (χ4n) is 4.64. The zero-order valence-corrected chi connectivity index (χ0v) is 16.5. The Hall–Kier alpha value is -3.05. The first-order valence-electron chi connectivity index (χ1n) is 9.33. The van der Waals surface area contributed by atoms with Crippen molar-refractivity contribution in [3.05, 3.63) is 34.4 Å². The first-order valence-corrected chi connectivity index (χ1v) is 9.70. The molecule has 1 saturated carbocycles. The second-order valence-corrected chi connectivity index (χ2v) is 7.78. The molecule has 0 aromatic heterocycles. The van der Waals surface area contributed by atoms with Crippen LogP contribution in [0.2, 0.25) is 5.02 Å². The van der Waals surface area contributed by atoms with E-state index in [4.69, 9.17) is 26.5 Å². The van der Waals surface area contributed by atoms with Crippen molar-refractivity contribution in [3.8, 4) is 29.7 Å². The molecular weight excluding hydrogens is 390 g/mol. The van der Waals surface area contributed by atoms with Crippen molar-refractivity contribution >= 4 is 17.3 Å². The van der Waals surface area contributed by atoms with Crippen LogP contribution in [0.15, 0.2) is 23.8 Å². The van der Waals surface area contributed by atoms with Crippen molar-refractivity contribution in [2.45, 2.75) is 12.8 Å². The van der Waals surface area contributed by atoms with E-state index in [1.165, 1.54) is 0 Å². The quantitative estimate of drug-likeness (QED) is 0.752. The molecule has 7 nitrogen and oxygen atoms in total. The standard InChI is InChI=1S/C21H18ClN5O2/c1-2-27-4-3-12-14(7-23)20(26)21(9-24,10-25)19(15(12)8-27)13-5-17-18(6-16(13)22)29-11-28-17/h3,5-6,14-15,19,26H,2,4,8,11H2,1H3/t14?,15-,19-/m1/s1. The van der Waals surface area contributed by atoms with Gasteiger partial charge in [-0.05, 0) is 23.7 Å². The lowest BCUT2D eigenvalue weighted by Crippen LogP contribution is -2.52. The highest BCUT2D eigenvalue weighted by Gasteiger charge is 2.58. The Morgan fingerprint density at radius 1 is 1.24 bits per heavy atom. The minimum Gasteiger partial charge on any atom is -0.454 e. The molecule has 1 unspecified atom stereocenters. The molecule has 1 aromatic carbocycles. The second kappa shape index (κ2) is 7.08. The van der Waals surface area contributed by atoms with Crippen LogP contribution in [0.3, 0.4) is 0 Å². The maximum absolute atomic E-state index is 10.1. The van der Waals surface area contributed by atoms with Crippen LogP contribution < -0.4 is 9.47 Å². The molecule has 3 atom stereocenters. The van der Waals surface area contributed by atoms with Crippen molar-refractivity contribution < 1.29 is 9.47 Å². The van der Waals surface area contributed by atoms with E-state index in [1.807, 2.05) is 13.0 Å². The van der Waals surface area contributed by atoms with Gasteiger partial charge in [0.05, 0.1) is 23.9 Å². The third kappa shape index (κ3) is 2.69. The van der Waals surface area contributed by atoms with Crippen LogP contribution in [-0.2, 0) is 0 Å². The Bertz CT molecular complexity index is 1030. The lowest BCUT2D eigenvalue weighted by atomic mass is 9.54. The zero-order chi connectivity index (χ0) is 20.8. The number of nitrogens with one attached hydrogen (secondary N) is 1. The predicted octanol–water partition coefficient (Wildman–Crippen LogP) is 3.24. The maximum atomic E-state index is 10.1. The molecule has 0 bridgehead atoms. The molecule has 146 valence electrons. The summed E-state index contributed by atoms with van der Waals surface area (Å²) in [5.74, 6) is -0.871. The average Bonchev–Trinajstić information content (AvgIpc) is 3.19. The summed E-state index contributed by atoms with van der Waals surface area (Å²) in [5.41, 5.74) is -0.622. The van der Waals surface area contributed by atoms with Gasteiger partial charge in [0, 0.05) is 36.0 Å². The van der Waals surface area contributed by atoms with E-state index in [9.17, 15) is 15.8 Å². The number of hydrogen-bond acceptors (Lipinski definition) is 7. The summed E-state index contributed by atoms with van der Waals surface area (Å²) in [6.07, 6.45) is 1.96. The monoisotopic (exact) mass is 407 g/mol. The molecule has 1 aromatic rings. The lowest BCUT2D eigenvalue weighted by Gasteiger charge is -2.47. The molecule has 1 aliphatic carbocycles. The molecule has 1 N–H and O–H groups in total. The fourth-order valence-corrected chi connectivity index (χ4v) is 4.91. The van der Waals surface area contributed by atoms with Gasteiger partial charge in [0.25, 0.3) is 0 Å². The van der Waals surface area contributed by atoms with Crippen LogP contribution in [0.1, 0.15) is 18.4 Å². The average molecular weight is 408 g/mol. The molecule has 8 heteroatoms. The molecule has 0 amide bonds. The molecule has 2 heterocycles. The Morgan fingerprint density at radius 2 is 1.93 bits per heavy atom. The summed E-state index contributed by atoms with van der Waals surface area (Å²) in [6.45, 7) is 4.15. The minimum atomic E-state index is -1.80. The van der Waals surface area contributed by atoms with E-state index >= 15 is 0 Å². The number of nitrogens with zero attached hydrogens (tertiary/aromatic N) is 4. The third-order valence-corrected chi connectivity index (χ3v) is 6.47. The van der Waals surface area contributed by atoms with Gasteiger partial charge in [0.15, 0.2) is 16.9 Å². The Balaban J connectivity index is 1.96. The largest absolute Gasteiger partial charge is 0.454 e. The highest BCUT2D eigenvalue weighted by molar-refractivity contribution is 6.31. The second-order valence-electron chi connectivity index (χ2n) is 7.37. The highest BCUT2D eigenvalue weighted by atomic mass is 35.5. The van der Waals surface area contributed by atoms with E-state index < -0.39 is 17.3 Å². The fraction of sp³-hybridized carbons (Fsp3) is 0.429. The summed E-state index contributed by atoms with van der Waals surface area (Å²) in [6, 6.07) is 9.64. The number of hydrogen-bond donors (Lipinski definition) is 1. The smallest absolute Gasteiger partial charge is 0.231 e. The topological polar surface area (TPSA) is 117 Å². The van der Waals surface area contributed by atoms with Gasteiger partial charge in [-0.15, -0.1) is 0 Å². The zero-order valence-electron chi connectivity index (χ0n) is 15.8. The van der Waals surface area contributed by atoms with Crippen molar-refractivity contribution in [2.24, 2.45) is 17.3 Å². The number of likely N-dealkylation sites (N-methyl/N-ethyl adjacent to an activating group) is 1. The Kier molecular flexibility index (Phi) is 4.71. The summed E-state index contributed by atoms with van der Waals surface area (Å²) in [4.78, 5) is 2.19. The molecule has 0 spiro atoms. The van der Waals surface area contributed by atoms with Crippen molar-refractivity contribution in [3.63, 3.8) is 0 Å². The first kappa shape index (κ1) is 19.3. The van der Waals surface area contributed by atoms with Crippen molar-refractivity contribution in [2.75, 3.05) is 26.4 Å². The van der Waals surface area contributed by atoms with Gasteiger partial charge in [-0.2, -0.15) is 15.8 Å². The number of nitriles is 3. The van der Waals surface area contributed by atoms with Crippen molar-refractivity contribution in [1.82, 2.24) is 4.90 Å². The summed E-state index contributed by atoms with van der Waals surface area (Å²) >= 11 is 6.58. The maximum Gasteiger partial charge on any atom is 0.231 e. The van der Waals surface area contributed by atoms with Crippen LogP contribution in [0.5, 0.6) is 11.5 Å². The van der Waals surface area contributed by atoms with Crippen LogP contribution in [0.4, 0.5) is 0 Å². The highest BCUT2D eigenvalue weighted by Crippen LogP contribution is 2.55. The van der Waals surface area contributed by atoms with Gasteiger partial charge in [-0.1, -0.05) is 24.6 Å². The Labute approximate surface area is 173 Å². The molecule has 3 aliphatic rings. The van der Waals surface area contributed by atoms with Gasteiger partial charge in [0.1, 0.15) is 5.92 Å². The number of halogens is 1. The van der Waals surface area contributed by atoms with Crippen LogP contribution in [0.25, 0.3) is 0 Å². The summed E-state index contributed by atoms with van der Waals surface area (Å²) in [5, 5.41) is 39.0. The lowest BCUT2D eigenvalue weighted by molar-refractivity contribution is 0.173. The van der Waals surface area contributed by atoms with E-state index in [1.54, 1.807) is 12.1 Å². The first-order chi connectivity index (χ1) is 14.0. The summed E-state index contributed by atoms with van der Waals surface area (Å²) in [7, 11) is 0. The van der Waals surface area contributed by atoms with Crippen LogP contribution in [-0.4, -0.2) is 37.0 Å². The third-order valence-electron chi connectivity index (χ3n) is 6.14. The van der Waals surface area contributed by atoms with Gasteiger partial charge in [-0.25, -0.2) is 0 Å². The number of fused-ring (bicyclic) bond motifs is 2. The van der Waals surface area contributed by atoms with Gasteiger partial charge < -0.3 is 14.9 Å². The minimum absolute atomic E-state index is 0.0753. The SMILES string of the molecule is CCN1CC=C2C(C#N)C(=N)C(C#N)(C#N)[C@H](c3cc4c(cc3Cl)OCO4)[C@@H]2C1.